The van der Waals surface area contributed by atoms with E-state index in [0.29, 0.717) is 5.56 Å². The van der Waals surface area contributed by atoms with Gasteiger partial charge in [-0.25, -0.2) is 12.8 Å². The van der Waals surface area contributed by atoms with Crippen LogP contribution in [0.25, 0.3) is 0 Å². The maximum atomic E-state index is 12.8. The van der Waals surface area contributed by atoms with Gasteiger partial charge in [0.1, 0.15) is 5.82 Å². The molecule has 0 spiro atoms. The number of carbonyl (C=O) groups excluding carboxylic acids is 1. The number of amides is 1. The Kier molecular flexibility index (Phi) is 5.68. The van der Waals surface area contributed by atoms with Gasteiger partial charge in [0.2, 0.25) is 10.0 Å². The van der Waals surface area contributed by atoms with E-state index in [9.17, 15) is 17.6 Å². The van der Waals surface area contributed by atoms with Crippen LogP contribution < -0.4 is 10.0 Å². The van der Waals surface area contributed by atoms with Crippen molar-refractivity contribution in [2.45, 2.75) is 11.4 Å². The molecule has 0 aliphatic rings. The average molecular weight is 346 g/mol. The molecule has 0 aliphatic heterocycles. The monoisotopic (exact) mass is 346 g/mol. The molecule has 0 unspecified atom stereocenters. The zero-order valence-electron chi connectivity index (χ0n) is 12.6. The minimum Gasteiger partial charge on any atom is -0.348 e. The van der Waals surface area contributed by atoms with Crippen molar-refractivity contribution in [1.82, 2.24) is 10.0 Å². The van der Waals surface area contributed by atoms with Crippen LogP contribution in [0.5, 0.6) is 0 Å². The number of hydrogen-bond acceptors (Lipinski definition) is 3. The summed E-state index contributed by atoms with van der Waals surface area (Å²) in [5, 5.41) is 2.67. The lowest BCUT2D eigenvalue weighted by Crippen LogP contribution is -2.25. The Labute approximate surface area is 139 Å². The van der Waals surface area contributed by atoms with E-state index in [4.69, 9.17) is 6.42 Å². The number of sulfonamides is 1. The van der Waals surface area contributed by atoms with Crippen molar-refractivity contribution in [3.63, 3.8) is 0 Å². The van der Waals surface area contributed by atoms with Gasteiger partial charge in [-0.3, -0.25) is 4.79 Å². The van der Waals surface area contributed by atoms with Gasteiger partial charge in [0.15, 0.2) is 0 Å². The van der Waals surface area contributed by atoms with Crippen molar-refractivity contribution >= 4 is 15.9 Å². The van der Waals surface area contributed by atoms with Crippen molar-refractivity contribution in [3.8, 4) is 12.3 Å². The number of carbonyl (C=O) groups is 1. The quantitative estimate of drug-likeness (QED) is 0.781. The van der Waals surface area contributed by atoms with Gasteiger partial charge in [-0.2, -0.15) is 4.72 Å². The van der Waals surface area contributed by atoms with Gasteiger partial charge >= 0.3 is 0 Å². The highest BCUT2D eigenvalue weighted by Gasteiger charge is 2.14. The summed E-state index contributed by atoms with van der Waals surface area (Å²) in [5.74, 6) is 1.47. The second-order valence-corrected chi connectivity index (χ2v) is 6.63. The number of terminal acetylenes is 1. The van der Waals surface area contributed by atoms with E-state index < -0.39 is 10.0 Å². The summed E-state index contributed by atoms with van der Waals surface area (Å²) in [7, 11) is -3.68. The Bertz CT molecular complexity index is 854. The van der Waals surface area contributed by atoms with Gasteiger partial charge in [0, 0.05) is 12.1 Å². The lowest BCUT2D eigenvalue weighted by atomic mass is 10.2. The average Bonchev–Trinajstić information content (AvgIpc) is 2.59. The first kappa shape index (κ1) is 17.7. The molecule has 2 aromatic carbocycles. The SMILES string of the molecule is C#CCNS(=O)(=O)c1ccc(C(=O)NCc2ccc(F)cc2)cc1. The topological polar surface area (TPSA) is 75.3 Å². The molecule has 2 aromatic rings. The number of rotatable bonds is 6. The Morgan fingerprint density at radius 1 is 1.08 bits per heavy atom. The molecule has 0 saturated carbocycles. The fraction of sp³-hybridized carbons (Fsp3) is 0.118. The van der Waals surface area contributed by atoms with Gasteiger partial charge in [-0.05, 0) is 42.0 Å². The maximum absolute atomic E-state index is 12.8. The van der Waals surface area contributed by atoms with E-state index in [2.05, 4.69) is 16.0 Å². The predicted octanol–water partition coefficient (Wildman–Crippen LogP) is 1.67. The number of halogens is 1. The first-order valence-corrected chi connectivity index (χ1v) is 8.46. The van der Waals surface area contributed by atoms with Crippen LogP contribution in [-0.4, -0.2) is 20.9 Å². The molecule has 0 aliphatic carbocycles. The van der Waals surface area contributed by atoms with Gasteiger partial charge in [-0.15, -0.1) is 6.42 Å². The Balaban J connectivity index is 2.01. The molecule has 0 bridgehead atoms. The summed E-state index contributed by atoms with van der Waals surface area (Å²) < 4.78 is 38.8. The Morgan fingerprint density at radius 3 is 2.29 bits per heavy atom. The zero-order valence-corrected chi connectivity index (χ0v) is 13.4. The molecule has 2 rings (SSSR count). The maximum Gasteiger partial charge on any atom is 0.251 e. The molecule has 2 N–H and O–H groups in total. The predicted molar refractivity (Wildman–Crippen MR) is 88.0 cm³/mol. The molecular weight excluding hydrogens is 331 g/mol. The number of hydrogen-bond donors (Lipinski definition) is 2. The smallest absolute Gasteiger partial charge is 0.251 e. The van der Waals surface area contributed by atoms with Gasteiger partial charge in [-0.1, -0.05) is 18.1 Å². The Morgan fingerprint density at radius 2 is 1.71 bits per heavy atom. The van der Waals surface area contributed by atoms with Crippen molar-refractivity contribution in [2.24, 2.45) is 0 Å². The van der Waals surface area contributed by atoms with E-state index in [1.165, 1.54) is 36.4 Å². The first-order valence-electron chi connectivity index (χ1n) is 6.98. The van der Waals surface area contributed by atoms with Crippen molar-refractivity contribution < 1.29 is 17.6 Å². The van der Waals surface area contributed by atoms with Crippen molar-refractivity contribution in [3.05, 3.63) is 65.5 Å². The second kappa shape index (κ2) is 7.73. The van der Waals surface area contributed by atoms with Crippen LogP contribution in [0.15, 0.2) is 53.4 Å². The van der Waals surface area contributed by atoms with E-state index in [1.54, 1.807) is 12.1 Å². The fourth-order valence-corrected chi connectivity index (χ4v) is 2.83. The molecule has 0 radical (unpaired) electrons. The number of benzene rings is 2. The molecule has 0 heterocycles. The van der Waals surface area contributed by atoms with Crippen molar-refractivity contribution in [2.75, 3.05) is 6.54 Å². The molecule has 5 nitrogen and oxygen atoms in total. The highest BCUT2D eigenvalue weighted by molar-refractivity contribution is 7.89. The van der Waals surface area contributed by atoms with Crippen LogP contribution in [0.2, 0.25) is 0 Å². The van der Waals surface area contributed by atoms with E-state index in [1.807, 2.05) is 0 Å². The second-order valence-electron chi connectivity index (χ2n) is 4.86. The van der Waals surface area contributed by atoms with Crippen molar-refractivity contribution in [1.29, 1.82) is 0 Å². The minimum absolute atomic E-state index is 0.0211. The van der Waals surface area contributed by atoms with E-state index >= 15 is 0 Å². The minimum atomic E-state index is -3.68. The summed E-state index contributed by atoms with van der Waals surface area (Å²) in [5.41, 5.74) is 1.07. The van der Waals surface area contributed by atoms with Gasteiger partial charge in [0.05, 0.1) is 11.4 Å². The molecule has 1 amide bonds. The number of nitrogens with one attached hydrogen (secondary N) is 2. The fourth-order valence-electron chi connectivity index (χ4n) is 1.89. The molecule has 0 fully saturated rings. The Hall–Kier alpha value is -2.69. The van der Waals surface area contributed by atoms with E-state index in [-0.39, 0.29) is 29.7 Å². The van der Waals surface area contributed by atoms with Crippen LogP contribution in [0.3, 0.4) is 0 Å². The summed E-state index contributed by atoms with van der Waals surface area (Å²) in [4.78, 5) is 12.1. The molecule has 0 saturated heterocycles. The van der Waals surface area contributed by atoms with Crippen LogP contribution in [0.1, 0.15) is 15.9 Å². The van der Waals surface area contributed by atoms with Crippen LogP contribution in [-0.2, 0) is 16.6 Å². The largest absolute Gasteiger partial charge is 0.348 e. The summed E-state index contributed by atoms with van der Waals surface area (Å²) in [6.45, 7) is 0.130. The first-order chi connectivity index (χ1) is 11.4. The van der Waals surface area contributed by atoms with Crippen LogP contribution in [0.4, 0.5) is 4.39 Å². The zero-order chi connectivity index (χ0) is 17.6. The lowest BCUT2D eigenvalue weighted by Gasteiger charge is -2.07. The normalized spacial score (nSPS) is 10.8. The third kappa shape index (κ3) is 4.65. The van der Waals surface area contributed by atoms with E-state index in [0.717, 1.165) is 5.56 Å². The van der Waals surface area contributed by atoms with Crippen LogP contribution >= 0.6 is 0 Å². The summed E-state index contributed by atoms with van der Waals surface area (Å²) in [6, 6.07) is 11.2. The molecule has 24 heavy (non-hydrogen) atoms. The molecular formula is C17H15FN2O3S. The summed E-state index contributed by atoms with van der Waals surface area (Å²) in [6.07, 6.45) is 5.02. The third-order valence-electron chi connectivity index (χ3n) is 3.16. The van der Waals surface area contributed by atoms with Gasteiger partial charge in [0.25, 0.3) is 5.91 Å². The highest BCUT2D eigenvalue weighted by Crippen LogP contribution is 2.11. The molecule has 124 valence electrons. The highest BCUT2D eigenvalue weighted by atomic mass is 32.2. The molecule has 0 atom stereocenters. The third-order valence-corrected chi connectivity index (χ3v) is 4.57. The van der Waals surface area contributed by atoms with Crippen LogP contribution in [0, 0.1) is 18.2 Å². The van der Waals surface area contributed by atoms with Gasteiger partial charge < -0.3 is 5.32 Å². The standard InChI is InChI=1S/C17H15FN2O3S/c1-2-11-20-24(22,23)16-9-5-14(6-10-16)17(21)19-12-13-3-7-15(18)8-4-13/h1,3-10,20H,11-12H2,(H,19,21). The molecule has 7 heteroatoms. The summed E-state index contributed by atoms with van der Waals surface area (Å²) >= 11 is 0. The lowest BCUT2D eigenvalue weighted by molar-refractivity contribution is 0.0951. The molecule has 0 aromatic heterocycles.